The van der Waals surface area contributed by atoms with Gasteiger partial charge in [0.1, 0.15) is 0 Å². The number of benzene rings is 2. The molecule has 3 rings (SSSR count). The van der Waals surface area contributed by atoms with Crippen LogP contribution in [0.15, 0.2) is 49.0 Å². The van der Waals surface area contributed by atoms with Crippen LogP contribution in [0.2, 0.25) is 0 Å². The zero-order valence-electron chi connectivity index (χ0n) is 10.8. The van der Waals surface area contributed by atoms with Gasteiger partial charge in [-0.05, 0) is 46.2 Å². The molecule has 0 saturated carbocycles. The standard InChI is InChI=1S/C18H15N/c1-13-17-8-3-2-5-14(17)9-10-15-6-4-7-16(11-12-19)18(13)15/h2-8H,1,9-11H2. The summed E-state index contributed by atoms with van der Waals surface area (Å²) in [6.45, 7) is 4.29. The quantitative estimate of drug-likeness (QED) is 0.747. The van der Waals surface area contributed by atoms with Crippen LogP contribution in [0.5, 0.6) is 0 Å². The summed E-state index contributed by atoms with van der Waals surface area (Å²) in [4.78, 5) is 0. The van der Waals surface area contributed by atoms with E-state index < -0.39 is 0 Å². The first kappa shape index (κ1) is 11.7. The molecule has 0 fully saturated rings. The van der Waals surface area contributed by atoms with E-state index in [1.165, 1.54) is 22.3 Å². The van der Waals surface area contributed by atoms with E-state index in [1.807, 2.05) is 6.07 Å². The van der Waals surface area contributed by atoms with Gasteiger partial charge in [-0.2, -0.15) is 5.26 Å². The summed E-state index contributed by atoms with van der Waals surface area (Å²) in [6.07, 6.45) is 2.51. The van der Waals surface area contributed by atoms with E-state index in [9.17, 15) is 0 Å². The van der Waals surface area contributed by atoms with Crippen LogP contribution in [-0.2, 0) is 19.3 Å². The lowest BCUT2D eigenvalue weighted by atomic mass is 9.90. The molecular weight excluding hydrogens is 230 g/mol. The van der Waals surface area contributed by atoms with Gasteiger partial charge in [0.2, 0.25) is 0 Å². The molecule has 0 saturated heterocycles. The van der Waals surface area contributed by atoms with Crippen LogP contribution in [0.4, 0.5) is 0 Å². The summed E-state index contributed by atoms with van der Waals surface area (Å²) >= 11 is 0. The van der Waals surface area contributed by atoms with E-state index in [-0.39, 0.29) is 0 Å². The summed E-state index contributed by atoms with van der Waals surface area (Å²) in [5.41, 5.74) is 7.25. The van der Waals surface area contributed by atoms with Gasteiger partial charge < -0.3 is 0 Å². The molecule has 1 nitrogen and oxygen atoms in total. The maximum Gasteiger partial charge on any atom is 0.0669 e. The summed E-state index contributed by atoms with van der Waals surface area (Å²) in [6, 6.07) is 17.0. The van der Waals surface area contributed by atoms with Crippen LogP contribution < -0.4 is 0 Å². The first-order valence-electron chi connectivity index (χ1n) is 6.56. The number of hydrogen-bond donors (Lipinski definition) is 0. The molecule has 92 valence electrons. The van der Waals surface area contributed by atoms with Crippen molar-refractivity contribution in [3.05, 3.63) is 76.9 Å². The average molecular weight is 245 g/mol. The van der Waals surface area contributed by atoms with Crippen molar-refractivity contribution in [1.82, 2.24) is 0 Å². The molecule has 19 heavy (non-hydrogen) atoms. The van der Waals surface area contributed by atoms with Gasteiger partial charge in [-0.1, -0.05) is 49.0 Å². The Morgan fingerprint density at radius 3 is 2.58 bits per heavy atom. The van der Waals surface area contributed by atoms with Gasteiger partial charge >= 0.3 is 0 Å². The molecule has 1 aliphatic carbocycles. The van der Waals surface area contributed by atoms with Crippen molar-refractivity contribution in [2.75, 3.05) is 0 Å². The highest BCUT2D eigenvalue weighted by Crippen LogP contribution is 2.34. The van der Waals surface area contributed by atoms with Crippen molar-refractivity contribution in [1.29, 1.82) is 5.26 Å². The minimum atomic E-state index is 0.449. The predicted octanol–water partition coefficient (Wildman–Crippen LogP) is 3.91. The lowest BCUT2D eigenvalue weighted by Crippen LogP contribution is -1.97. The van der Waals surface area contributed by atoms with E-state index in [1.54, 1.807) is 0 Å². The molecule has 2 aromatic carbocycles. The maximum absolute atomic E-state index is 8.99. The molecule has 0 N–H and O–H groups in total. The Kier molecular flexibility index (Phi) is 2.93. The zero-order chi connectivity index (χ0) is 13.2. The lowest BCUT2D eigenvalue weighted by Gasteiger charge is -2.13. The second-order valence-corrected chi connectivity index (χ2v) is 4.92. The van der Waals surface area contributed by atoms with E-state index in [4.69, 9.17) is 5.26 Å². The van der Waals surface area contributed by atoms with Crippen molar-refractivity contribution in [3.8, 4) is 6.07 Å². The average Bonchev–Trinajstić information content (AvgIpc) is 2.58. The van der Waals surface area contributed by atoms with Crippen LogP contribution in [0.3, 0.4) is 0 Å². The van der Waals surface area contributed by atoms with Gasteiger partial charge in [-0.15, -0.1) is 0 Å². The molecule has 0 heterocycles. The lowest BCUT2D eigenvalue weighted by molar-refractivity contribution is 0.961. The third-order valence-corrected chi connectivity index (χ3v) is 3.81. The molecular formula is C18H15N. The zero-order valence-corrected chi connectivity index (χ0v) is 10.8. The number of nitriles is 1. The molecule has 0 aromatic heterocycles. The normalized spacial score (nSPS) is 13.1. The Balaban J connectivity index is 2.22. The number of hydrogen-bond acceptors (Lipinski definition) is 1. The Labute approximate surface area is 113 Å². The van der Waals surface area contributed by atoms with Crippen LogP contribution in [-0.4, -0.2) is 0 Å². The van der Waals surface area contributed by atoms with Gasteiger partial charge in [-0.3, -0.25) is 0 Å². The smallest absolute Gasteiger partial charge is 0.0669 e. The van der Waals surface area contributed by atoms with Crippen molar-refractivity contribution >= 4 is 5.57 Å². The molecule has 1 aliphatic rings. The number of nitrogens with zero attached hydrogens (tertiary/aromatic N) is 1. The molecule has 2 aromatic rings. The molecule has 0 bridgehead atoms. The van der Waals surface area contributed by atoms with E-state index >= 15 is 0 Å². The monoisotopic (exact) mass is 245 g/mol. The third kappa shape index (κ3) is 1.96. The van der Waals surface area contributed by atoms with Gasteiger partial charge in [0.25, 0.3) is 0 Å². The molecule has 1 heteroatoms. The van der Waals surface area contributed by atoms with Gasteiger partial charge in [0.05, 0.1) is 12.5 Å². The molecule has 0 amide bonds. The van der Waals surface area contributed by atoms with Crippen LogP contribution >= 0.6 is 0 Å². The fraction of sp³-hybridized carbons (Fsp3) is 0.167. The first-order valence-corrected chi connectivity index (χ1v) is 6.56. The van der Waals surface area contributed by atoms with Gasteiger partial charge in [0, 0.05) is 0 Å². The Morgan fingerprint density at radius 1 is 1.00 bits per heavy atom. The molecule has 0 aliphatic heterocycles. The minimum absolute atomic E-state index is 0.449. The van der Waals surface area contributed by atoms with Crippen molar-refractivity contribution in [3.63, 3.8) is 0 Å². The fourth-order valence-corrected chi connectivity index (χ4v) is 2.92. The Morgan fingerprint density at radius 2 is 1.74 bits per heavy atom. The maximum atomic E-state index is 8.99. The van der Waals surface area contributed by atoms with Crippen molar-refractivity contribution < 1.29 is 0 Å². The summed E-state index contributed by atoms with van der Waals surface area (Å²) < 4.78 is 0. The summed E-state index contributed by atoms with van der Waals surface area (Å²) in [7, 11) is 0. The van der Waals surface area contributed by atoms with Crippen LogP contribution in [0.1, 0.15) is 27.8 Å². The van der Waals surface area contributed by atoms with E-state index in [2.05, 4.69) is 49.0 Å². The third-order valence-electron chi connectivity index (χ3n) is 3.81. The topological polar surface area (TPSA) is 23.8 Å². The van der Waals surface area contributed by atoms with Crippen LogP contribution in [0.25, 0.3) is 5.57 Å². The van der Waals surface area contributed by atoms with Gasteiger partial charge in [0.15, 0.2) is 0 Å². The largest absolute Gasteiger partial charge is 0.198 e. The highest BCUT2D eigenvalue weighted by molar-refractivity contribution is 5.84. The summed E-state index contributed by atoms with van der Waals surface area (Å²) in [5.74, 6) is 0. The number of fused-ring (bicyclic) bond motifs is 2. The minimum Gasteiger partial charge on any atom is -0.198 e. The molecule has 0 unspecified atom stereocenters. The van der Waals surface area contributed by atoms with Crippen molar-refractivity contribution in [2.24, 2.45) is 0 Å². The summed E-state index contributed by atoms with van der Waals surface area (Å²) in [5, 5.41) is 8.99. The molecule has 0 atom stereocenters. The van der Waals surface area contributed by atoms with E-state index in [0.29, 0.717) is 6.42 Å². The molecule has 0 spiro atoms. The Hall–Kier alpha value is -2.33. The predicted molar refractivity (Wildman–Crippen MR) is 77.7 cm³/mol. The van der Waals surface area contributed by atoms with Crippen molar-refractivity contribution in [2.45, 2.75) is 19.3 Å². The van der Waals surface area contributed by atoms with Crippen LogP contribution in [0, 0.1) is 11.3 Å². The molecule has 0 radical (unpaired) electrons. The van der Waals surface area contributed by atoms with E-state index in [0.717, 1.165) is 24.0 Å². The number of aryl methyl sites for hydroxylation is 2. The second kappa shape index (κ2) is 4.74. The van der Waals surface area contributed by atoms with Gasteiger partial charge in [-0.25, -0.2) is 0 Å². The highest BCUT2D eigenvalue weighted by Gasteiger charge is 2.18. The fourth-order valence-electron chi connectivity index (χ4n) is 2.92. The highest BCUT2D eigenvalue weighted by atomic mass is 14.3. The SMILES string of the molecule is C=C1c2ccccc2CCc2cccc(CC#N)c21. The number of rotatable bonds is 1. The first-order chi connectivity index (χ1) is 9.31. The Bertz CT molecular complexity index is 689. The second-order valence-electron chi connectivity index (χ2n) is 4.92.